The van der Waals surface area contributed by atoms with Crippen LogP contribution < -0.4 is 5.32 Å². The maximum absolute atomic E-state index is 13.0. The second-order valence-electron chi connectivity index (χ2n) is 8.73. The van der Waals surface area contributed by atoms with Gasteiger partial charge in [-0.1, -0.05) is 6.07 Å². The highest BCUT2D eigenvalue weighted by molar-refractivity contribution is 5.86. The molecule has 2 aromatic rings. The third-order valence-electron chi connectivity index (χ3n) is 6.33. The number of carbonyl (C=O) groups excluding carboxylic acids is 2. The summed E-state index contributed by atoms with van der Waals surface area (Å²) in [7, 11) is 0. The van der Waals surface area contributed by atoms with E-state index in [0.717, 1.165) is 16.8 Å². The first-order valence-electron chi connectivity index (χ1n) is 10.9. The van der Waals surface area contributed by atoms with Crippen LogP contribution in [0.25, 0.3) is 10.9 Å². The van der Waals surface area contributed by atoms with Crippen LogP contribution in [0, 0.1) is 13.8 Å². The molecule has 2 aliphatic heterocycles. The van der Waals surface area contributed by atoms with Crippen LogP contribution in [0.1, 0.15) is 23.7 Å². The molecule has 3 heterocycles. The Morgan fingerprint density at radius 3 is 2.71 bits per heavy atom. The molecule has 2 fully saturated rings. The van der Waals surface area contributed by atoms with Crippen LogP contribution in [0.4, 0.5) is 0 Å². The van der Waals surface area contributed by atoms with E-state index in [1.807, 2.05) is 17.9 Å². The van der Waals surface area contributed by atoms with Gasteiger partial charge in [0.2, 0.25) is 5.91 Å². The monoisotopic (exact) mass is 428 g/mol. The number of morpholine rings is 2. The van der Waals surface area contributed by atoms with E-state index in [-0.39, 0.29) is 18.4 Å². The molecule has 0 radical (unpaired) electrons. The van der Waals surface area contributed by atoms with Gasteiger partial charge in [0.25, 0.3) is 5.91 Å². The zero-order valence-corrected chi connectivity index (χ0v) is 18.6. The van der Waals surface area contributed by atoms with Crippen molar-refractivity contribution in [3.8, 4) is 0 Å². The van der Waals surface area contributed by atoms with Crippen LogP contribution in [-0.4, -0.2) is 84.7 Å². The van der Waals surface area contributed by atoms with Crippen molar-refractivity contribution in [2.24, 2.45) is 0 Å². The van der Waals surface area contributed by atoms with Crippen molar-refractivity contribution in [1.29, 1.82) is 0 Å². The fourth-order valence-corrected chi connectivity index (χ4v) is 4.39. The molecule has 0 aliphatic carbocycles. The highest BCUT2D eigenvalue weighted by Gasteiger charge is 2.42. The normalized spacial score (nSPS) is 22.6. The summed E-state index contributed by atoms with van der Waals surface area (Å²) in [6.07, 6.45) is 0. The Bertz CT molecular complexity index is 966. The number of hydrogen-bond acceptors (Lipinski definition) is 5. The van der Waals surface area contributed by atoms with Gasteiger partial charge in [-0.3, -0.25) is 14.5 Å². The van der Waals surface area contributed by atoms with Crippen LogP contribution in [0.5, 0.6) is 0 Å². The highest BCUT2D eigenvalue weighted by atomic mass is 16.5. The third kappa shape index (κ3) is 4.76. The smallest absolute Gasteiger partial charge is 0.256 e. The molecule has 2 aliphatic rings. The number of benzene rings is 1. The number of fused-ring (bicyclic) bond motifs is 1. The number of hydrogen-bond donors (Lipinski definition) is 2. The predicted molar refractivity (Wildman–Crippen MR) is 118 cm³/mol. The number of rotatable bonds is 5. The number of carbonyl (C=O) groups is 2. The molecule has 8 heteroatoms. The molecule has 4 rings (SSSR count). The molecule has 2 saturated heterocycles. The highest BCUT2D eigenvalue weighted by Crippen LogP contribution is 2.23. The number of ether oxygens (including phenoxy) is 2. The van der Waals surface area contributed by atoms with Gasteiger partial charge in [0.15, 0.2) is 5.60 Å². The van der Waals surface area contributed by atoms with E-state index >= 15 is 0 Å². The Balaban J connectivity index is 1.32. The van der Waals surface area contributed by atoms with Gasteiger partial charge >= 0.3 is 0 Å². The molecule has 8 nitrogen and oxygen atoms in total. The average Bonchev–Trinajstić information content (AvgIpc) is 3.05. The molecule has 0 saturated carbocycles. The number of amides is 2. The molecule has 0 unspecified atom stereocenters. The number of aromatic amines is 1. The van der Waals surface area contributed by atoms with E-state index in [2.05, 4.69) is 36.3 Å². The lowest BCUT2D eigenvalue weighted by Gasteiger charge is -2.42. The van der Waals surface area contributed by atoms with Crippen LogP contribution >= 0.6 is 0 Å². The Hall–Kier alpha value is -2.42. The number of nitrogens with zero attached hydrogens (tertiary/aromatic N) is 2. The van der Waals surface area contributed by atoms with Gasteiger partial charge < -0.3 is 24.7 Å². The van der Waals surface area contributed by atoms with Crippen LogP contribution in [0.2, 0.25) is 0 Å². The van der Waals surface area contributed by atoms with E-state index in [0.29, 0.717) is 52.5 Å². The molecule has 1 atom stereocenters. The minimum atomic E-state index is -0.926. The Labute approximate surface area is 182 Å². The largest absolute Gasteiger partial charge is 0.378 e. The number of aromatic nitrogens is 1. The summed E-state index contributed by atoms with van der Waals surface area (Å²) in [6.45, 7) is 10.5. The van der Waals surface area contributed by atoms with Crippen molar-refractivity contribution in [1.82, 2.24) is 20.1 Å². The van der Waals surface area contributed by atoms with Gasteiger partial charge in [-0.15, -0.1) is 0 Å². The zero-order chi connectivity index (χ0) is 22.0. The van der Waals surface area contributed by atoms with E-state index < -0.39 is 5.60 Å². The van der Waals surface area contributed by atoms with Gasteiger partial charge in [0.1, 0.15) is 0 Å². The zero-order valence-electron chi connectivity index (χ0n) is 18.6. The second-order valence-corrected chi connectivity index (χ2v) is 8.73. The first-order chi connectivity index (χ1) is 14.9. The van der Waals surface area contributed by atoms with Crippen LogP contribution in [0.15, 0.2) is 18.2 Å². The van der Waals surface area contributed by atoms with Gasteiger partial charge in [-0.2, -0.15) is 0 Å². The van der Waals surface area contributed by atoms with Crippen molar-refractivity contribution in [3.05, 3.63) is 35.0 Å². The maximum Gasteiger partial charge on any atom is 0.256 e. The van der Waals surface area contributed by atoms with Crippen LogP contribution in [-0.2, 0) is 25.6 Å². The van der Waals surface area contributed by atoms with Gasteiger partial charge in [0.05, 0.1) is 26.4 Å². The second kappa shape index (κ2) is 8.98. The summed E-state index contributed by atoms with van der Waals surface area (Å²) in [5.74, 6) is -0.0727. The lowest BCUT2D eigenvalue weighted by Crippen LogP contribution is -2.61. The SMILES string of the molecule is Cc1[nH]c2ccc(CNC(=O)CN3CCO[C@@](C)(C(=O)N4CCOCC4)C3)cc2c1C. The minimum Gasteiger partial charge on any atom is -0.378 e. The molecule has 1 aromatic carbocycles. The molecular formula is C23H32N4O4. The minimum absolute atomic E-state index is 0.0219. The molecule has 0 spiro atoms. The standard InChI is InChI=1S/C23H32N4O4/c1-16-17(2)25-20-5-4-18(12-19(16)20)13-24-21(28)14-26-6-11-31-23(3,15-26)22(29)27-7-9-30-10-8-27/h4-5,12,25H,6-11,13-15H2,1-3H3,(H,24,28)/t23-/m1/s1. The summed E-state index contributed by atoms with van der Waals surface area (Å²) in [5, 5.41) is 4.20. The Kier molecular flexibility index (Phi) is 6.31. The topological polar surface area (TPSA) is 86.9 Å². The maximum atomic E-state index is 13.0. The fraction of sp³-hybridized carbons (Fsp3) is 0.565. The predicted octanol–water partition coefficient (Wildman–Crippen LogP) is 1.35. The summed E-state index contributed by atoms with van der Waals surface area (Å²) in [5.41, 5.74) is 3.66. The van der Waals surface area contributed by atoms with E-state index in [4.69, 9.17) is 9.47 Å². The van der Waals surface area contributed by atoms with Gasteiger partial charge in [0, 0.05) is 49.3 Å². The lowest BCUT2D eigenvalue weighted by atomic mass is 10.0. The molecular weight excluding hydrogens is 396 g/mol. The van der Waals surface area contributed by atoms with Gasteiger partial charge in [-0.25, -0.2) is 0 Å². The van der Waals surface area contributed by atoms with Crippen molar-refractivity contribution in [2.75, 3.05) is 52.5 Å². The summed E-state index contributed by atoms with van der Waals surface area (Å²) in [4.78, 5) is 32.7. The first kappa shape index (κ1) is 21.8. The van der Waals surface area contributed by atoms with Crippen LogP contribution in [0.3, 0.4) is 0 Å². The van der Waals surface area contributed by atoms with E-state index in [9.17, 15) is 9.59 Å². The van der Waals surface area contributed by atoms with Crippen molar-refractivity contribution in [3.63, 3.8) is 0 Å². The molecule has 31 heavy (non-hydrogen) atoms. The van der Waals surface area contributed by atoms with Crippen molar-refractivity contribution in [2.45, 2.75) is 32.9 Å². The van der Waals surface area contributed by atoms with Gasteiger partial charge in [-0.05, 0) is 44.0 Å². The van der Waals surface area contributed by atoms with Crippen molar-refractivity contribution < 1.29 is 19.1 Å². The number of H-pyrrole nitrogens is 1. The van der Waals surface area contributed by atoms with E-state index in [1.165, 1.54) is 10.9 Å². The molecule has 2 amide bonds. The average molecular weight is 429 g/mol. The molecule has 168 valence electrons. The molecule has 1 aromatic heterocycles. The summed E-state index contributed by atoms with van der Waals surface area (Å²) in [6, 6.07) is 6.22. The third-order valence-corrected chi connectivity index (χ3v) is 6.33. The van der Waals surface area contributed by atoms with Crippen molar-refractivity contribution >= 4 is 22.7 Å². The quantitative estimate of drug-likeness (QED) is 0.751. The summed E-state index contributed by atoms with van der Waals surface area (Å²) < 4.78 is 11.2. The van der Waals surface area contributed by atoms with E-state index in [1.54, 1.807) is 4.90 Å². The summed E-state index contributed by atoms with van der Waals surface area (Å²) >= 11 is 0. The molecule has 0 bridgehead atoms. The fourth-order valence-electron chi connectivity index (χ4n) is 4.39. The lowest BCUT2D eigenvalue weighted by molar-refractivity contribution is -0.171. The number of aryl methyl sites for hydroxylation is 2. The first-order valence-corrected chi connectivity index (χ1v) is 10.9. The number of nitrogens with one attached hydrogen (secondary N) is 2. The molecule has 2 N–H and O–H groups in total. The Morgan fingerprint density at radius 1 is 1.16 bits per heavy atom. The Morgan fingerprint density at radius 2 is 1.94 bits per heavy atom.